The van der Waals surface area contributed by atoms with Crippen molar-refractivity contribution in [2.45, 2.75) is 42.9 Å². The number of rotatable bonds is 2. The molecule has 2 heteroatoms. The molecule has 1 aliphatic rings. The molecule has 0 bridgehead atoms. The molecule has 1 saturated carbocycles. The van der Waals surface area contributed by atoms with Crippen molar-refractivity contribution in [2.24, 2.45) is 5.92 Å². The first-order valence-electron chi connectivity index (χ1n) is 5.44. The average Bonchev–Trinajstić information content (AvgIpc) is 2.23. The third kappa shape index (κ3) is 2.50. The number of thioether (sulfide) groups is 1. The van der Waals surface area contributed by atoms with E-state index in [1.807, 2.05) is 24.0 Å². The van der Waals surface area contributed by atoms with Gasteiger partial charge in [0.15, 0.2) is 0 Å². The maximum atomic E-state index is 4.37. The third-order valence-corrected chi connectivity index (χ3v) is 4.43. The Morgan fingerprint density at radius 1 is 1.29 bits per heavy atom. The maximum absolute atomic E-state index is 4.37. The summed E-state index contributed by atoms with van der Waals surface area (Å²) in [5.41, 5.74) is 0. The van der Waals surface area contributed by atoms with Gasteiger partial charge in [0.2, 0.25) is 0 Å². The van der Waals surface area contributed by atoms with E-state index in [0.29, 0.717) is 0 Å². The predicted octanol–water partition coefficient (Wildman–Crippen LogP) is 3.75. The molecular weight excluding hydrogens is 190 g/mol. The number of aromatic nitrogens is 1. The average molecular weight is 207 g/mol. The Bertz CT molecular complexity index is 273. The summed E-state index contributed by atoms with van der Waals surface area (Å²) in [5.74, 6) is 0.857. The molecular formula is C12H17NS. The Labute approximate surface area is 90.3 Å². The topological polar surface area (TPSA) is 12.9 Å². The second-order valence-electron chi connectivity index (χ2n) is 4.09. The molecule has 0 amide bonds. The van der Waals surface area contributed by atoms with Crippen LogP contribution in [0.3, 0.4) is 0 Å². The van der Waals surface area contributed by atoms with E-state index in [0.717, 1.165) is 11.2 Å². The SMILES string of the molecule is CC1CCCCC1Sc1ccccn1. The highest BCUT2D eigenvalue weighted by Gasteiger charge is 2.22. The van der Waals surface area contributed by atoms with Crippen LogP contribution in [0.15, 0.2) is 29.4 Å². The zero-order chi connectivity index (χ0) is 9.80. The molecule has 0 spiro atoms. The van der Waals surface area contributed by atoms with Crippen LogP contribution in [0.2, 0.25) is 0 Å². The van der Waals surface area contributed by atoms with Gasteiger partial charge in [-0.3, -0.25) is 0 Å². The molecule has 0 aliphatic heterocycles. The predicted molar refractivity (Wildman–Crippen MR) is 61.5 cm³/mol. The number of hydrogen-bond donors (Lipinski definition) is 0. The van der Waals surface area contributed by atoms with Gasteiger partial charge in [0.05, 0.1) is 5.03 Å². The zero-order valence-electron chi connectivity index (χ0n) is 8.65. The van der Waals surface area contributed by atoms with E-state index in [2.05, 4.69) is 24.0 Å². The van der Waals surface area contributed by atoms with Crippen LogP contribution in [0.25, 0.3) is 0 Å². The summed E-state index contributed by atoms with van der Waals surface area (Å²) in [6.07, 6.45) is 7.46. The first-order chi connectivity index (χ1) is 6.86. The molecule has 2 atom stereocenters. The monoisotopic (exact) mass is 207 g/mol. The van der Waals surface area contributed by atoms with Crippen LogP contribution in [0.1, 0.15) is 32.6 Å². The van der Waals surface area contributed by atoms with E-state index in [-0.39, 0.29) is 0 Å². The van der Waals surface area contributed by atoms with Crippen molar-refractivity contribution in [3.8, 4) is 0 Å². The van der Waals surface area contributed by atoms with E-state index >= 15 is 0 Å². The number of nitrogens with zero attached hydrogens (tertiary/aromatic N) is 1. The van der Waals surface area contributed by atoms with Gasteiger partial charge >= 0.3 is 0 Å². The summed E-state index contributed by atoms with van der Waals surface area (Å²) < 4.78 is 0. The van der Waals surface area contributed by atoms with Crippen molar-refractivity contribution >= 4 is 11.8 Å². The largest absolute Gasteiger partial charge is 0.250 e. The maximum Gasteiger partial charge on any atom is 0.0962 e. The van der Waals surface area contributed by atoms with E-state index in [4.69, 9.17) is 0 Å². The van der Waals surface area contributed by atoms with Crippen molar-refractivity contribution in [3.63, 3.8) is 0 Å². The Morgan fingerprint density at radius 2 is 2.14 bits per heavy atom. The van der Waals surface area contributed by atoms with Gasteiger partial charge in [-0.2, -0.15) is 0 Å². The van der Waals surface area contributed by atoms with Gasteiger partial charge in [-0.25, -0.2) is 4.98 Å². The van der Waals surface area contributed by atoms with Crippen LogP contribution >= 0.6 is 11.8 Å². The molecule has 2 rings (SSSR count). The zero-order valence-corrected chi connectivity index (χ0v) is 9.46. The second-order valence-corrected chi connectivity index (χ2v) is 5.35. The number of pyridine rings is 1. The fourth-order valence-corrected chi connectivity index (χ4v) is 3.27. The van der Waals surface area contributed by atoms with E-state index in [9.17, 15) is 0 Å². The summed E-state index contributed by atoms with van der Waals surface area (Å²) in [5, 5.41) is 1.98. The highest BCUT2D eigenvalue weighted by Crippen LogP contribution is 2.36. The van der Waals surface area contributed by atoms with Crippen LogP contribution < -0.4 is 0 Å². The van der Waals surface area contributed by atoms with Crippen LogP contribution in [-0.4, -0.2) is 10.2 Å². The van der Waals surface area contributed by atoms with Gasteiger partial charge in [-0.05, 0) is 30.9 Å². The van der Waals surface area contributed by atoms with Crippen LogP contribution in [-0.2, 0) is 0 Å². The van der Waals surface area contributed by atoms with Crippen molar-refractivity contribution in [1.82, 2.24) is 4.98 Å². The van der Waals surface area contributed by atoms with Gasteiger partial charge in [0, 0.05) is 11.4 Å². The van der Waals surface area contributed by atoms with Crippen molar-refractivity contribution in [3.05, 3.63) is 24.4 Å². The van der Waals surface area contributed by atoms with Crippen molar-refractivity contribution in [1.29, 1.82) is 0 Å². The lowest BCUT2D eigenvalue weighted by molar-refractivity contribution is 0.397. The second kappa shape index (κ2) is 4.83. The molecule has 1 fully saturated rings. The van der Waals surface area contributed by atoms with E-state index in [1.165, 1.54) is 30.7 Å². The van der Waals surface area contributed by atoms with Gasteiger partial charge in [0.1, 0.15) is 0 Å². The molecule has 76 valence electrons. The fourth-order valence-electron chi connectivity index (χ4n) is 2.03. The minimum Gasteiger partial charge on any atom is -0.250 e. The van der Waals surface area contributed by atoms with Crippen LogP contribution in [0.4, 0.5) is 0 Å². The lowest BCUT2D eigenvalue weighted by Gasteiger charge is -2.27. The van der Waals surface area contributed by atoms with Crippen LogP contribution in [0, 0.1) is 5.92 Å². The molecule has 1 heterocycles. The fraction of sp³-hybridized carbons (Fsp3) is 0.583. The molecule has 1 aromatic rings. The number of hydrogen-bond acceptors (Lipinski definition) is 2. The normalized spacial score (nSPS) is 27.5. The summed E-state index contributed by atoms with van der Waals surface area (Å²) in [6, 6.07) is 6.17. The minimum atomic E-state index is 0.790. The van der Waals surface area contributed by atoms with Gasteiger partial charge in [-0.15, -0.1) is 11.8 Å². The molecule has 0 N–H and O–H groups in total. The van der Waals surface area contributed by atoms with Gasteiger partial charge in [0.25, 0.3) is 0 Å². The quantitative estimate of drug-likeness (QED) is 0.732. The van der Waals surface area contributed by atoms with Crippen molar-refractivity contribution in [2.75, 3.05) is 0 Å². The lowest BCUT2D eigenvalue weighted by Crippen LogP contribution is -2.18. The lowest BCUT2D eigenvalue weighted by atomic mass is 9.90. The molecule has 1 nitrogen and oxygen atoms in total. The van der Waals surface area contributed by atoms with Gasteiger partial charge in [-0.1, -0.05) is 25.8 Å². The summed E-state index contributed by atoms with van der Waals surface area (Å²) in [7, 11) is 0. The summed E-state index contributed by atoms with van der Waals surface area (Å²) in [4.78, 5) is 4.37. The molecule has 1 aliphatic carbocycles. The molecule has 1 aromatic heterocycles. The first kappa shape index (κ1) is 10.0. The smallest absolute Gasteiger partial charge is 0.0962 e. The molecule has 0 saturated heterocycles. The first-order valence-corrected chi connectivity index (χ1v) is 6.32. The molecule has 14 heavy (non-hydrogen) atoms. The van der Waals surface area contributed by atoms with E-state index < -0.39 is 0 Å². The van der Waals surface area contributed by atoms with E-state index in [1.54, 1.807) is 0 Å². The van der Waals surface area contributed by atoms with Crippen molar-refractivity contribution < 1.29 is 0 Å². The summed E-state index contributed by atoms with van der Waals surface area (Å²) in [6.45, 7) is 2.37. The Balaban J connectivity index is 1.96. The highest BCUT2D eigenvalue weighted by molar-refractivity contribution is 7.99. The van der Waals surface area contributed by atoms with Gasteiger partial charge < -0.3 is 0 Å². The van der Waals surface area contributed by atoms with Crippen LogP contribution in [0.5, 0.6) is 0 Å². The Kier molecular flexibility index (Phi) is 3.46. The Hall–Kier alpha value is -0.500. The molecule has 0 radical (unpaired) electrons. The Morgan fingerprint density at radius 3 is 2.86 bits per heavy atom. The highest BCUT2D eigenvalue weighted by atomic mass is 32.2. The minimum absolute atomic E-state index is 0.790. The molecule has 0 aromatic carbocycles. The third-order valence-electron chi connectivity index (χ3n) is 2.94. The summed E-state index contributed by atoms with van der Waals surface area (Å²) >= 11 is 1.96. The standard InChI is InChI=1S/C12H17NS/c1-10-6-2-3-7-11(10)14-12-8-4-5-9-13-12/h4-5,8-11H,2-3,6-7H2,1H3. The molecule has 2 unspecified atom stereocenters.